The number of hydrogen-bond acceptors (Lipinski definition) is 4. The SMILES string of the molecule is CC(C)N(C)c1cc(C(=O)NN)cc(Cl)n1. The number of nitrogens with zero attached hydrogens (tertiary/aromatic N) is 2. The molecule has 0 aliphatic rings. The summed E-state index contributed by atoms with van der Waals surface area (Å²) in [4.78, 5) is 17.4. The zero-order valence-electron chi connectivity index (χ0n) is 9.49. The van der Waals surface area contributed by atoms with Crippen LogP contribution < -0.4 is 16.2 Å². The normalized spacial score (nSPS) is 10.4. The van der Waals surface area contributed by atoms with Gasteiger partial charge in [-0.1, -0.05) is 11.6 Å². The maximum atomic E-state index is 11.4. The third-order valence-electron chi connectivity index (χ3n) is 2.31. The fourth-order valence-corrected chi connectivity index (χ4v) is 1.35. The zero-order valence-corrected chi connectivity index (χ0v) is 10.2. The van der Waals surface area contributed by atoms with Crippen molar-refractivity contribution in [1.29, 1.82) is 0 Å². The molecule has 0 bridgehead atoms. The van der Waals surface area contributed by atoms with E-state index in [-0.39, 0.29) is 17.1 Å². The molecule has 0 aliphatic carbocycles. The molecular weight excluding hydrogens is 228 g/mol. The average molecular weight is 243 g/mol. The summed E-state index contributed by atoms with van der Waals surface area (Å²) < 4.78 is 0. The number of amides is 1. The molecule has 5 nitrogen and oxygen atoms in total. The van der Waals surface area contributed by atoms with Crippen LogP contribution >= 0.6 is 11.6 Å². The minimum atomic E-state index is -0.386. The average Bonchev–Trinajstić information content (AvgIpc) is 2.25. The number of nitrogens with one attached hydrogen (secondary N) is 1. The Bertz CT molecular complexity index is 394. The van der Waals surface area contributed by atoms with Crippen molar-refractivity contribution in [3.05, 3.63) is 22.8 Å². The van der Waals surface area contributed by atoms with Crippen molar-refractivity contribution >= 4 is 23.3 Å². The van der Waals surface area contributed by atoms with Crippen molar-refractivity contribution < 1.29 is 4.79 Å². The van der Waals surface area contributed by atoms with E-state index in [0.29, 0.717) is 11.4 Å². The number of aromatic nitrogens is 1. The van der Waals surface area contributed by atoms with Gasteiger partial charge in [0.15, 0.2) is 0 Å². The van der Waals surface area contributed by atoms with E-state index < -0.39 is 0 Å². The summed E-state index contributed by atoms with van der Waals surface area (Å²) in [5.41, 5.74) is 2.45. The van der Waals surface area contributed by atoms with Crippen LogP contribution in [0.4, 0.5) is 5.82 Å². The van der Waals surface area contributed by atoms with E-state index >= 15 is 0 Å². The van der Waals surface area contributed by atoms with Gasteiger partial charge in [-0.2, -0.15) is 0 Å². The van der Waals surface area contributed by atoms with Gasteiger partial charge in [-0.25, -0.2) is 10.8 Å². The molecule has 0 radical (unpaired) electrons. The molecular formula is C10H15ClN4O. The molecule has 1 aromatic heterocycles. The van der Waals surface area contributed by atoms with Crippen LogP contribution in [0.25, 0.3) is 0 Å². The number of pyridine rings is 1. The lowest BCUT2D eigenvalue weighted by Crippen LogP contribution is -2.31. The molecule has 6 heteroatoms. The quantitative estimate of drug-likeness (QED) is 0.361. The van der Waals surface area contributed by atoms with E-state index in [1.54, 1.807) is 6.07 Å². The molecule has 0 aromatic carbocycles. The highest BCUT2D eigenvalue weighted by Crippen LogP contribution is 2.18. The Balaban J connectivity index is 3.12. The summed E-state index contributed by atoms with van der Waals surface area (Å²) in [6, 6.07) is 3.38. The fraction of sp³-hybridized carbons (Fsp3) is 0.400. The predicted molar refractivity (Wildman–Crippen MR) is 64.4 cm³/mol. The van der Waals surface area contributed by atoms with Crippen LogP contribution in [0.1, 0.15) is 24.2 Å². The van der Waals surface area contributed by atoms with E-state index in [2.05, 4.69) is 10.4 Å². The summed E-state index contributed by atoms with van der Waals surface area (Å²) in [5, 5.41) is 0.267. The first kappa shape index (κ1) is 12.7. The Morgan fingerprint density at radius 3 is 2.69 bits per heavy atom. The van der Waals surface area contributed by atoms with Crippen molar-refractivity contribution in [3.8, 4) is 0 Å². The first-order valence-corrected chi connectivity index (χ1v) is 5.25. The second-order valence-electron chi connectivity index (χ2n) is 3.71. The zero-order chi connectivity index (χ0) is 12.3. The Morgan fingerprint density at radius 1 is 1.56 bits per heavy atom. The second kappa shape index (κ2) is 5.14. The topological polar surface area (TPSA) is 71.2 Å². The first-order valence-electron chi connectivity index (χ1n) is 4.87. The summed E-state index contributed by atoms with van der Waals surface area (Å²) in [7, 11) is 1.88. The molecule has 16 heavy (non-hydrogen) atoms. The molecule has 0 spiro atoms. The summed E-state index contributed by atoms with van der Waals surface area (Å²) >= 11 is 5.84. The van der Waals surface area contributed by atoms with Crippen molar-refractivity contribution in [2.45, 2.75) is 19.9 Å². The Kier molecular flexibility index (Phi) is 4.09. The molecule has 0 saturated heterocycles. The van der Waals surface area contributed by atoms with Crippen molar-refractivity contribution in [3.63, 3.8) is 0 Å². The third kappa shape index (κ3) is 2.84. The summed E-state index contributed by atoms with van der Waals surface area (Å²) in [6.07, 6.45) is 0. The molecule has 1 amide bonds. The molecule has 88 valence electrons. The van der Waals surface area contributed by atoms with Crippen LogP contribution in [-0.4, -0.2) is 24.0 Å². The highest BCUT2D eigenvalue weighted by Gasteiger charge is 2.12. The first-order chi connectivity index (χ1) is 7.45. The van der Waals surface area contributed by atoms with E-state index in [1.807, 2.05) is 25.8 Å². The number of carbonyl (C=O) groups excluding carboxylic acids is 1. The van der Waals surface area contributed by atoms with Crippen molar-refractivity contribution in [1.82, 2.24) is 10.4 Å². The van der Waals surface area contributed by atoms with Gasteiger partial charge in [0.05, 0.1) is 0 Å². The van der Waals surface area contributed by atoms with E-state index in [9.17, 15) is 4.79 Å². The number of anilines is 1. The number of hydrazine groups is 1. The molecule has 1 heterocycles. The second-order valence-corrected chi connectivity index (χ2v) is 4.10. The molecule has 0 unspecified atom stereocenters. The predicted octanol–water partition coefficient (Wildman–Crippen LogP) is 1.18. The van der Waals surface area contributed by atoms with Gasteiger partial charge in [0.1, 0.15) is 11.0 Å². The van der Waals surface area contributed by atoms with Crippen molar-refractivity contribution in [2.75, 3.05) is 11.9 Å². The largest absolute Gasteiger partial charge is 0.357 e. The lowest BCUT2D eigenvalue weighted by atomic mass is 10.2. The van der Waals surface area contributed by atoms with Crippen LogP contribution in [0.2, 0.25) is 5.15 Å². The van der Waals surface area contributed by atoms with Crippen LogP contribution in [-0.2, 0) is 0 Å². The molecule has 0 fully saturated rings. The van der Waals surface area contributed by atoms with E-state index in [1.165, 1.54) is 6.07 Å². The number of nitrogens with two attached hydrogens (primary N) is 1. The van der Waals surface area contributed by atoms with Gasteiger partial charge < -0.3 is 4.90 Å². The van der Waals surface area contributed by atoms with Crippen LogP contribution in [0.15, 0.2) is 12.1 Å². The fourth-order valence-electron chi connectivity index (χ4n) is 1.14. The minimum Gasteiger partial charge on any atom is -0.357 e. The van der Waals surface area contributed by atoms with Crippen LogP contribution in [0, 0.1) is 0 Å². The number of halogens is 1. The number of nitrogen functional groups attached to an aromatic ring is 1. The molecule has 0 atom stereocenters. The molecule has 3 N–H and O–H groups in total. The molecule has 0 saturated carbocycles. The number of rotatable bonds is 3. The molecule has 1 aromatic rings. The third-order valence-corrected chi connectivity index (χ3v) is 2.50. The Morgan fingerprint density at radius 2 is 2.19 bits per heavy atom. The van der Waals surface area contributed by atoms with Gasteiger partial charge in [0, 0.05) is 18.7 Å². The van der Waals surface area contributed by atoms with Crippen LogP contribution in [0.5, 0.6) is 0 Å². The van der Waals surface area contributed by atoms with E-state index in [4.69, 9.17) is 17.4 Å². The van der Waals surface area contributed by atoms with E-state index in [0.717, 1.165) is 0 Å². The van der Waals surface area contributed by atoms with Gasteiger partial charge in [-0.05, 0) is 26.0 Å². The molecule has 1 rings (SSSR count). The lowest BCUT2D eigenvalue weighted by molar-refractivity contribution is 0.0953. The van der Waals surface area contributed by atoms with Gasteiger partial charge >= 0.3 is 0 Å². The summed E-state index contributed by atoms with van der Waals surface area (Å²) in [6.45, 7) is 4.04. The van der Waals surface area contributed by atoms with Gasteiger partial charge in [0.25, 0.3) is 5.91 Å². The highest BCUT2D eigenvalue weighted by atomic mass is 35.5. The number of hydrogen-bond donors (Lipinski definition) is 2. The number of carbonyl (C=O) groups is 1. The minimum absolute atomic E-state index is 0.264. The monoisotopic (exact) mass is 242 g/mol. The standard InChI is InChI=1S/C10H15ClN4O/c1-6(2)15(3)9-5-7(10(16)14-12)4-8(11)13-9/h4-6H,12H2,1-3H3,(H,14,16). The Labute approximate surface area is 99.6 Å². The summed E-state index contributed by atoms with van der Waals surface area (Å²) in [5.74, 6) is 5.32. The van der Waals surface area contributed by atoms with Gasteiger partial charge in [-0.3, -0.25) is 10.2 Å². The maximum absolute atomic E-state index is 11.4. The smallest absolute Gasteiger partial charge is 0.265 e. The highest BCUT2D eigenvalue weighted by molar-refractivity contribution is 6.29. The Hall–Kier alpha value is -1.33. The van der Waals surface area contributed by atoms with Crippen LogP contribution in [0.3, 0.4) is 0 Å². The van der Waals surface area contributed by atoms with Gasteiger partial charge in [0.2, 0.25) is 0 Å². The maximum Gasteiger partial charge on any atom is 0.265 e. The van der Waals surface area contributed by atoms with Gasteiger partial charge in [-0.15, -0.1) is 0 Å². The van der Waals surface area contributed by atoms with Crippen molar-refractivity contribution in [2.24, 2.45) is 5.84 Å². The molecule has 0 aliphatic heterocycles. The lowest BCUT2D eigenvalue weighted by Gasteiger charge is -2.23.